The van der Waals surface area contributed by atoms with Crippen molar-refractivity contribution < 1.29 is 4.79 Å². The first-order valence-electron chi connectivity index (χ1n) is 5.12. The number of nitrogens with zero attached hydrogens (tertiary/aromatic N) is 1. The summed E-state index contributed by atoms with van der Waals surface area (Å²) in [5, 5.41) is 0. The standard InChI is InChI=1S/C12H16ClNO/c1-3-7-14(12(15)9-13)11-6-4-5-10(2)8-11/h4-6,8H,3,7,9H2,1-2H3. The van der Waals surface area contributed by atoms with Crippen LogP contribution in [0.4, 0.5) is 5.69 Å². The molecule has 1 amide bonds. The van der Waals surface area contributed by atoms with Gasteiger partial charge in [-0.15, -0.1) is 11.6 Å². The SMILES string of the molecule is CCCN(C(=O)CCl)c1cccc(C)c1. The molecule has 0 aliphatic heterocycles. The van der Waals surface area contributed by atoms with Crippen LogP contribution in [-0.4, -0.2) is 18.3 Å². The Bertz CT molecular complexity index is 338. The van der Waals surface area contributed by atoms with Crippen LogP contribution in [0.1, 0.15) is 18.9 Å². The molecular weight excluding hydrogens is 210 g/mol. The highest BCUT2D eigenvalue weighted by Crippen LogP contribution is 2.16. The summed E-state index contributed by atoms with van der Waals surface area (Å²) in [5.41, 5.74) is 2.08. The van der Waals surface area contributed by atoms with Crippen molar-refractivity contribution in [1.29, 1.82) is 0 Å². The van der Waals surface area contributed by atoms with Crippen molar-refractivity contribution in [2.24, 2.45) is 0 Å². The second-order valence-electron chi connectivity index (χ2n) is 3.52. The number of carbonyl (C=O) groups is 1. The summed E-state index contributed by atoms with van der Waals surface area (Å²) in [5.74, 6) is -0.00220. The van der Waals surface area contributed by atoms with Gasteiger partial charge in [0.25, 0.3) is 0 Å². The molecule has 2 nitrogen and oxygen atoms in total. The molecule has 3 heteroatoms. The van der Waals surface area contributed by atoms with E-state index in [4.69, 9.17) is 11.6 Å². The van der Waals surface area contributed by atoms with Crippen molar-refractivity contribution in [2.45, 2.75) is 20.3 Å². The van der Waals surface area contributed by atoms with Gasteiger partial charge in [-0.25, -0.2) is 0 Å². The maximum absolute atomic E-state index is 11.6. The van der Waals surface area contributed by atoms with Crippen LogP contribution >= 0.6 is 11.6 Å². The van der Waals surface area contributed by atoms with E-state index in [9.17, 15) is 4.79 Å². The number of aryl methyl sites for hydroxylation is 1. The Morgan fingerprint density at radius 2 is 2.20 bits per heavy atom. The van der Waals surface area contributed by atoms with Crippen LogP contribution in [0.15, 0.2) is 24.3 Å². The maximum Gasteiger partial charge on any atom is 0.241 e. The third-order valence-electron chi connectivity index (χ3n) is 2.18. The smallest absolute Gasteiger partial charge is 0.241 e. The van der Waals surface area contributed by atoms with Crippen LogP contribution in [0, 0.1) is 6.92 Å². The average Bonchev–Trinajstić information content (AvgIpc) is 2.25. The van der Waals surface area contributed by atoms with Gasteiger partial charge in [0.2, 0.25) is 5.91 Å². The van der Waals surface area contributed by atoms with Crippen molar-refractivity contribution in [3.05, 3.63) is 29.8 Å². The molecule has 0 aromatic heterocycles. The van der Waals surface area contributed by atoms with E-state index in [0.29, 0.717) is 0 Å². The number of amides is 1. The van der Waals surface area contributed by atoms with Crippen molar-refractivity contribution >= 4 is 23.2 Å². The molecule has 0 heterocycles. The van der Waals surface area contributed by atoms with Crippen LogP contribution in [0.2, 0.25) is 0 Å². The van der Waals surface area contributed by atoms with E-state index in [1.54, 1.807) is 4.90 Å². The minimum Gasteiger partial charge on any atom is -0.311 e. The van der Waals surface area contributed by atoms with Crippen molar-refractivity contribution in [1.82, 2.24) is 0 Å². The van der Waals surface area contributed by atoms with Crippen LogP contribution in [-0.2, 0) is 4.79 Å². The molecule has 0 atom stereocenters. The van der Waals surface area contributed by atoms with Gasteiger partial charge in [0.15, 0.2) is 0 Å². The van der Waals surface area contributed by atoms with Crippen LogP contribution < -0.4 is 4.90 Å². The summed E-state index contributed by atoms with van der Waals surface area (Å²) in [7, 11) is 0. The first-order chi connectivity index (χ1) is 7.19. The molecule has 0 aliphatic rings. The second-order valence-corrected chi connectivity index (χ2v) is 3.79. The Hall–Kier alpha value is -1.02. The van der Waals surface area contributed by atoms with E-state index in [2.05, 4.69) is 0 Å². The number of anilines is 1. The van der Waals surface area contributed by atoms with E-state index in [1.807, 2.05) is 38.1 Å². The van der Waals surface area contributed by atoms with E-state index in [-0.39, 0.29) is 11.8 Å². The zero-order valence-electron chi connectivity index (χ0n) is 9.16. The van der Waals surface area contributed by atoms with E-state index in [1.165, 1.54) is 0 Å². The molecule has 0 aliphatic carbocycles. The highest BCUT2D eigenvalue weighted by Gasteiger charge is 2.13. The van der Waals surface area contributed by atoms with E-state index in [0.717, 1.165) is 24.2 Å². The third kappa shape index (κ3) is 3.24. The van der Waals surface area contributed by atoms with Gasteiger partial charge in [-0.2, -0.15) is 0 Å². The first-order valence-corrected chi connectivity index (χ1v) is 5.65. The lowest BCUT2D eigenvalue weighted by atomic mass is 10.2. The fraction of sp³-hybridized carbons (Fsp3) is 0.417. The molecule has 1 aromatic carbocycles. The van der Waals surface area contributed by atoms with Crippen molar-refractivity contribution in [2.75, 3.05) is 17.3 Å². The maximum atomic E-state index is 11.6. The highest BCUT2D eigenvalue weighted by atomic mass is 35.5. The molecule has 0 N–H and O–H groups in total. The van der Waals surface area contributed by atoms with E-state index < -0.39 is 0 Å². The molecule has 15 heavy (non-hydrogen) atoms. The number of hydrogen-bond donors (Lipinski definition) is 0. The molecular formula is C12H16ClNO. The number of carbonyl (C=O) groups excluding carboxylic acids is 1. The average molecular weight is 226 g/mol. The molecule has 0 saturated heterocycles. The number of rotatable bonds is 4. The largest absolute Gasteiger partial charge is 0.311 e. The first kappa shape index (κ1) is 12.1. The number of benzene rings is 1. The number of alkyl halides is 1. The zero-order chi connectivity index (χ0) is 11.3. The zero-order valence-corrected chi connectivity index (χ0v) is 9.92. The normalized spacial score (nSPS) is 10.1. The minimum absolute atomic E-state index is 0.0357. The van der Waals surface area contributed by atoms with Gasteiger partial charge >= 0.3 is 0 Å². The Balaban J connectivity index is 2.93. The molecule has 1 rings (SSSR count). The monoisotopic (exact) mass is 225 g/mol. The van der Waals surface area contributed by atoms with Gasteiger partial charge in [-0.05, 0) is 31.0 Å². The van der Waals surface area contributed by atoms with Crippen LogP contribution in [0.5, 0.6) is 0 Å². The lowest BCUT2D eigenvalue weighted by molar-refractivity contribution is -0.116. The quantitative estimate of drug-likeness (QED) is 0.722. The Morgan fingerprint density at radius 1 is 1.47 bits per heavy atom. The third-order valence-corrected chi connectivity index (χ3v) is 2.40. The fourth-order valence-electron chi connectivity index (χ4n) is 1.49. The lowest BCUT2D eigenvalue weighted by Gasteiger charge is -2.21. The molecule has 0 bridgehead atoms. The van der Waals surface area contributed by atoms with Crippen LogP contribution in [0.25, 0.3) is 0 Å². The molecule has 0 radical (unpaired) electrons. The Morgan fingerprint density at radius 3 is 2.73 bits per heavy atom. The molecule has 0 spiro atoms. The topological polar surface area (TPSA) is 20.3 Å². The van der Waals surface area contributed by atoms with Crippen molar-refractivity contribution in [3.63, 3.8) is 0 Å². The van der Waals surface area contributed by atoms with Gasteiger partial charge < -0.3 is 4.90 Å². The van der Waals surface area contributed by atoms with Gasteiger partial charge in [0.05, 0.1) is 0 Å². The summed E-state index contributed by atoms with van der Waals surface area (Å²) < 4.78 is 0. The molecule has 0 unspecified atom stereocenters. The summed E-state index contributed by atoms with van der Waals surface area (Å²) in [6, 6.07) is 7.90. The number of halogens is 1. The van der Waals surface area contributed by atoms with Crippen molar-refractivity contribution in [3.8, 4) is 0 Å². The Kier molecular flexibility index (Phi) is 4.63. The van der Waals surface area contributed by atoms with Gasteiger partial charge in [-0.3, -0.25) is 4.79 Å². The summed E-state index contributed by atoms with van der Waals surface area (Å²) in [6.07, 6.45) is 0.927. The summed E-state index contributed by atoms with van der Waals surface area (Å²) >= 11 is 5.58. The summed E-state index contributed by atoms with van der Waals surface area (Å²) in [6.45, 7) is 4.78. The molecule has 1 aromatic rings. The Labute approximate surface area is 95.8 Å². The predicted octanol–water partition coefficient (Wildman–Crippen LogP) is 2.98. The molecule has 82 valence electrons. The minimum atomic E-state index is -0.0379. The molecule has 0 fully saturated rings. The van der Waals surface area contributed by atoms with Gasteiger partial charge in [0.1, 0.15) is 5.88 Å². The van der Waals surface area contributed by atoms with Gasteiger partial charge in [0, 0.05) is 12.2 Å². The van der Waals surface area contributed by atoms with Gasteiger partial charge in [-0.1, -0.05) is 19.1 Å². The number of hydrogen-bond acceptors (Lipinski definition) is 1. The summed E-state index contributed by atoms with van der Waals surface area (Å²) in [4.78, 5) is 13.3. The van der Waals surface area contributed by atoms with Crippen LogP contribution in [0.3, 0.4) is 0 Å². The molecule has 0 saturated carbocycles. The fourth-order valence-corrected chi connectivity index (χ4v) is 1.63. The second kappa shape index (κ2) is 5.76. The lowest BCUT2D eigenvalue weighted by Crippen LogP contribution is -2.32. The van der Waals surface area contributed by atoms with E-state index >= 15 is 0 Å². The highest BCUT2D eigenvalue weighted by molar-refractivity contribution is 6.29. The predicted molar refractivity (Wildman–Crippen MR) is 64.5 cm³/mol.